The molecule has 1 saturated heterocycles. The summed E-state index contributed by atoms with van der Waals surface area (Å²) in [5, 5.41) is 7.52. The number of sulfonamides is 1. The van der Waals surface area contributed by atoms with E-state index >= 15 is 0 Å². The zero-order valence-electron chi connectivity index (χ0n) is 19.2. The highest BCUT2D eigenvalue weighted by molar-refractivity contribution is 7.89. The summed E-state index contributed by atoms with van der Waals surface area (Å²) in [6.45, 7) is 0.179. The number of hydrogen-bond acceptors (Lipinski definition) is 5. The van der Waals surface area contributed by atoms with E-state index in [1.807, 2.05) is 0 Å². The molecule has 1 fully saturated rings. The highest BCUT2D eigenvalue weighted by Crippen LogP contribution is 2.30. The molecule has 3 N–H and O–H groups in total. The molecule has 4 rings (SSSR count). The van der Waals surface area contributed by atoms with E-state index in [0.717, 1.165) is 28.6 Å². The van der Waals surface area contributed by atoms with Crippen LogP contribution in [0.3, 0.4) is 0 Å². The molecule has 37 heavy (non-hydrogen) atoms. The van der Waals surface area contributed by atoms with Crippen LogP contribution in [0.4, 0.5) is 35.2 Å². The number of aromatic nitrogens is 1. The number of halogens is 3. The SMILES string of the molecule is O=C(Nc1ccc(C(F)(F)F)cc1)Nc1ccc(S(=O)(=O)N2CCC[C@@H]2C(=O)Nc2ccccn2)cc1. The highest BCUT2D eigenvalue weighted by Gasteiger charge is 2.39. The van der Waals surface area contributed by atoms with Gasteiger partial charge in [-0.3, -0.25) is 4.79 Å². The van der Waals surface area contributed by atoms with Gasteiger partial charge in [0.05, 0.1) is 10.5 Å². The molecule has 3 amide bonds. The minimum absolute atomic E-state index is 0.0567. The zero-order chi connectivity index (χ0) is 26.6. The van der Waals surface area contributed by atoms with Gasteiger partial charge in [0.1, 0.15) is 11.9 Å². The van der Waals surface area contributed by atoms with Gasteiger partial charge in [-0.15, -0.1) is 0 Å². The molecule has 1 aliphatic heterocycles. The third kappa shape index (κ3) is 6.24. The third-order valence-corrected chi connectivity index (χ3v) is 7.53. The smallest absolute Gasteiger partial charge is 0.309 e. The van der Waals surface area contributed by atoms with Crippen molar-refractivity contribution in [3.8, 4) is 0 Å². The van der Waals surface area contributed by atoms with E-state index in [4.69, 9.17) is 0 Å². The summed E-state index contributed by atoms with van der Waals surface area (Å²) in [7, 11) is -4.00. The van der Waals surface area contributed by atoms with Crippen molar-refractivity contribution in [2.75, 3.05) is 22.5 Å². The molecule has 0 saturated carbocycles. The number of amides is 3. The molecule has 3 aromatic rings. The van der Waals surface area contributed by atoms with Crippen LogP contribution in [-0.4, -0.2) is 42.2 Å². The highest BCUT2D eigenvalue weighted by atomic mass is 32.2. The first-order valence-corrected chi connectivity index (χ1v) is 12.6. The van der Waals surface area contributed by atoms with E-state index in [9.17, 15) is 31.2 Å². The molecule has 0 radical (unpaired) electrons. The molecular weight excluding hydrogens is 511 g/mol. The number of rotatable bonds is 6. The molecule has 0 aliphatic carbocycles. The standard InChI is InChI=1S/C24H22F3N5O4S/c25-24(26,27)16-6-8-17(9-7-16)29-23(34)30-18-10-12-19(13-11-18)37(35,36)32-15-3-4-20(32)22(33)31-21-5-1-2-14-28-21/h1-2,5-14,20H,3-4,15H2,(H,28,31,33)(H2,29,30,34)/t20-/m1/s1. The molecule has 2 aromatic carbocycles. The number of urea groups is 1. The van der Waals surface area contributed by atoms with Crippen molar-refractivity contribution in [2.45, 2.75) is 30.0 Å². The second kappa shape index (κ2) is 10.6. The lowest BCUT2D eigenvalue weighted by atomic mass is 10.2. The van der Waals surface area contributed by atoms with Crippen LogP contribution in [0, 0.1) is 0 Å². The number of hydrogen-bond donors (Lipinski definition) is 3. The maximum atomic E-state index is 13.2. The summed E-state index contributed by atoms with van der Waals surface area (Å²) >= 11 is 0. The van der Waals surface area contributed by atoms with E-state index < -0.39 is 39.7 Å². The topological polar surface area (TPSA) is 121 Å². The number of carbonyl (C=O) groups is 2. The maximum absolute atomic E-state index is 13.2. The lowest BCUT2D eigenvalue weighted by Crippen LogP contribution is -2.43. The minimum Gasteiger partial charge on any atom is -0.309 e. The Balaban J connectivity index is 1.39. The summed E-state index contributed by atoms with van der Waals surface area (Å²) in [6.07, 6.45) is -2.09. The quantitative estimate of drug-likeness (QED) is 0.430. The van der Waals surface area contributed by atoms with Crippen LogP contribution >= 0.6 is 0 Å². The van der Waals surface area contributed by atoms with E-state index in [0.29, 0.717) is 18.7 Å². The molecule has 0 bridgehead atoms. The maximum Gasteiger partial charge on any atom is 0.416 e. The molecule has 1 aliphatic rings. The largest absolute Gasteiger partial charge is 0.416 e. The van der Waals surface area contributed by atoms with Gasteiger partial charge in [-0.1, -0.05) is 6.07 Å². The summed E-state index contributed by atoms with van der Waals surface area (Å²) in [5.41, 5.74) is -0.437. The first kappa shape index (κ1) is 26.1. The fraction of sp³-hybridized carbons (Fsp3) is 0.208. The number of pyridine rings is 1. The summed E-state index contributed by atoms with van der Waals surface area (Å²) in [4.78, 5) is 28.9. The lowest BCUT2D eigenvalue weighted by Gasteiger charge is -2.23. The fourth-order valence-electron chi connectivity index (χ4n) is 3.82. The van der Waals surface area contributed by atoms with Gasteiger partial charge in [-0.05, 0) is 73.5 Å². The number of carbonyl (C=O) groups excluding carboxylic acids is 2. The van der Waals surface area contributed by atoms with Gasteiger partial charge < -0.3 is 16.0 Å². The summed E-state index contributed by atoms with van der Waals surface area (Å²) in [6, 6.07) is 12.7. The molecule has 1 atom stereocenters. The van der Waals surface area contributed by atoms with Crippen molar-refractivity contribution in [1.29, 1.82) is 0 Å². The van der Waals surface area contributed by atoms with Crippen LogP contribution in [0.2, 0.25) is 0 Å². The number of nitrogens with zero attached hydrogens (tertiary/aromatic N) is 2. The van der Waals surface area contributed by atoms with Crippen LogP contribution in [0.15, 0.2) is 77.8 Å². The number of nitrogens with one attached hydrogen (secondary N) is 3. The molecule has 2 heterocycles. The Kier molecular flexibility index (Phi) is 7.45. The molecule has 9 nitrogen and oxygen atoms in total. The monoisotopic (exact) mass is 533 g/mol. The Morgan fingerprint density at radius 1 is 0.892 bits per heavy atom. The number of alkyl halides is 3. The summed E-state index contributed by atoms with van der Waals surface area (Å²) < 4.78 is 65.6. The van der Waals surface area contributed by atoms with Gasteiger partial charge in [0.25, 0.3) is 0 Å². The zero-order valence-corrected chi connectivity index (χ0v) is 20.0. The second-order valence-corrected chi connectivity index (χ2v) is 10.0. The molecule has 194 valence electrons. The molecule has 13 heteroatoms. The molecule has 0 spiro atoms. The van der Waals surface area contributed by atoms with Crippen LogP contribution in [0.1, 0.15) is 18.4 Å². The average Bonchev–Trinajstić information content (AvgIpc) is 3.36. The average molecular weight is 534 g/mol. The van der Waals surface area contributed by atoms with Crippen molar-refractivity contribution in [3.63, 3.8) is 0 Å². The van der Waals surface area contributed by atoms with Gasteiger partial charge in [-0.2, -0.15) is 17.5 Å². The van der Waals surface area contributed by atoms with E-state index in [1.54, 1.807) is 18.2 Å². The van der Waals surface area contributed by atoms with Crippen molar-refractivity contribution in [2.24, 2.45) is 0 Å². The predicted octanol–water partition coefficient (Wildman–Crippen LogP) is 4.54. The lowest BCUT2D eigenvalue weighted by molar-refractivity contribution is -0.137. The Bertz CT molecular complexity index is 1370. The van der Waals surface area contributed by atoms with Crippen molar-refractivity contribution < 1.29 is 31.2 Å². The van der Waals surface area contributed by atoms with Gasteiger partial charge in [0.2, 0.25) is 15.9 Å². The normalized spacial score (nSPS) is 16.2. The van der Waals surface area contributed by atoms with E-state index in [1.165, 1.54) is 30.5 Å². The van der Waals surface area contributed by atoms with Crippen LogP contribution in [0.5, 0.6) is 0 Å². The Morgan fingerprint density at radius 2 is 1.51 bits per heavy atom. The van der Waals surface area contributed by atoms with Crippen molar-refractivity contribution >= 4 is 39.2 Å². The van der Waals surface area contributed by atoms with Crippen molar-refractivity contribution in [1.82, 2.24) is 9.29 Å². The number of anilines is 3. The van der Waals surface area contributed by atoms with Gasteiger partial charge in [0.15, 0.2) is 0 Å². The van der Waals surface area contributed by atoms with Crippen molar-refractivity contribution in [3.05, 3.63) is 78.5 Å². The van der Waals surface area contributed by atoms with Crippen LogP contribution in [0.25, 0.3) is 0 Å². The first-order valence-electron chi connectivity index (χ1n) is 11.1. The minimum atomic E-state index is -4.49. The second-order valence-electron chi connectivity index (χ2n) is 8.16. The van der Waals surface area contributed by atoms with E-state index in [-0.39, 0.29) is 22.8 Å². The summed E-state index contributed by atoms with van der Waals surface area (Å²) in [5.74, 6) is -0.153. The number of benzene rings is 2. The van der Waals surface area contributed by atoms with Gasteiger partial charge >= 0.3 is 12.2 Å². The van der Waals surface area contributed by atoms with E-state index in [2.05, 4.69) is 20.9 Å². The Morgan fingerprint density at radius 3 is 2.08 bits per heavy atom. The first-order chi connectivity index (χ1) is 17.5. The van der Waals surface area contributed by atoms with Crippen LogP contribution in [-0.2, 0) is 21.0 Å². The molecule has 0 unspecified atom stereocenters. The fourth-order valence-corrected chi connectivity index (χ4v) is 5.47. The van der Waals surface area contributed by atoms with Gasteiger partial charge in [-0.25, -0.2) is 18.2 Å². The Labute approximate surface area is 210 Å². The molecular formula is C24H22F3N5O4S. The Hall–Kier alpha value is -3.97. The molecule has 1 aromatic heterocycles. The third-order valence-electron chi connectivity index (χ3n) is 5.61. The van der Waals surface area contributed by atoms with Crippen LogP contribution < -0.4 is 16.0 Å². The predicted molar refractivity (Wildman–Crippen MR) is 130 cm³/mol. The van der Waals surface area contributed by atoms with Gasteiger partial charge in [0, 0.05) is 24.1 Å².